The Morgan fingerprint density at radius 2 is 1.21 bits per heavy atom. The van der Waals surface area contributed by atoms with Crippen LogP contribution < -0.4 is 0 Å². The van der Waals surface area contributed by atoms with Crippen molar-refractivity contribution in [2.45, 2.75) is 6.16 Å². The van der Waals surface area contributed by atoms with Gasteiger partial charge in [0.15, 0.2) is 0 Å². The van der Waals surface area contributed by atoms with Gasteiger partial charge in [0.05, 0.1) is 0 Å². The molecule has 0 radical (unpaired) electrons. The molecule has 0 aliphatic carbocycles. The van der Waals surface area contributed by atoms with Crippen molar-refractivity contribution in [3.05, 3.63) is 87.0 Å². The van der Waals surface area contributed by atoms with E-state index in [0.29, 0.717) is 0 Å². The molecule has 19 heavy (non-hydrogen) atoms. The first-order valence-corrected chi connectivity index (χ1v) is 9.46. The Morgan fingerprint density at radius 3 is 1.58 bits per heavy atom. The molecule has 0 spiro atoms. The van der Waals surface area contributed by atoms with Crippen LogP contribution in [0.25, 0.3) is 0 Å². The van der Waals surface area contributed by atoms with Gasteiger partial charge in [-0.2, -0.15) is 0 Å². The third-order valence-corrected chi connectivity index (χ3v) is 7.78. The van der Waals surface area contributed by atoms with Gasteiger partial charge in [-0.25, -0.2) is 0 Å². The second kappa shape index (κ2) is 10.5. The number of rotatable bonds is 8. The fourth-order valence-corrected chi connectivity index (χ4v) is 6.29. The number of hydrogen-bond donors (Lipinski definition) is 0. The van der Waals surface area contributed by atoms with E-state index in [1.54, 1.807) is 0 Å². The Kier molecular flexibility index (Phi) is 9.75. The van der Waals surface area contributed by atoms with Gasteiger partial charge < -0.3 is 0 Å². The summed E-state index contributed by atoms with van der Waals surface area (Å²) in [6.45, 7) is 17.8. The average Bonchev–Trinajstić information content (AvgIpc) is 2.43. The summed E-state index contributed by atoms with van der Waals surface area (Å²) in [6.07, 6.45) is 10.8. The Labute approximate surface area is 119 Å². The molecule has 1 aromatic carbocycles. The van der Waals surface area contributed by atoms with Crippen LogP contribution in [0.3, 0.4) is 0 Å². The summed E-state index contributed by atoms with van der Waals surface area (Å²) in [4.78, 5) is 0. The zero-order valence-corrected chi connectivity index (χ0v) is 13.0. The van der Waals surface area contributed by atoms with E-state index in [2.05, 4.69) is 81.5 Å². The summed E-state index contributed by atoms with van der Waals surface area (Å²) in [5.41, 5.74) is 1.43. The van der Waals surface area contributed by atoms with Crippen molar-refractivity contribution in [1.29, 1.82) is 0 Å². The van der Waals surface area contributed by atoms with E-state index < -0.39 is 7.26 Å². The van der Waals surface area contributed by atoms with Gasteiger partial charge in [0, 0.05) is 0 Å². The molecule has 1 heteroatoms. The average molecular weight is 274 g/mol. The first kappa shape index (κ1) is 17.6. The summed E-state index contributed by atoms with van der Waals surface area (Å²) in [7, 11) is -1.39. The molecule has 0 aliphatic heterocycles. The Hall–Kier alpha value is -1.39. The maximum atomic E-state index is 3.92. The molecule has 0 unspecified atom stereocenters. The summed E-state index contributed by atoms with van der Waals surface area (Å²) >= 11 is 0. The fourth-order valence-electron chi connectivity index (χ4n) is 2.41. The van der Waals surface area contributed by atoms with Crippen LogP contribution in [0.1, 0.15) is 5.56 Å². The van der Waals surface area contributed by atoms with Crippen LogP contribution in [-0.4, -0.2) is 18.5 Å². The predicted octanol–water partition coefficient (Wildman–Crippen LogP) is 5.30. The second-order valence-electron chi connectivity index (χ2n) is 4.64. The Morgan fingerprint density at radius 1 is 0.789 bits per heavy atom. The van der Waals surface area contributed by atoms with Crippen molar-refractivity contribution in [2.24, 2.45) is 0 Å². The van der Waals surface area contributed by atoms with Crippen LogP contribution in [0, 0.1) is 0 Å². The summed E-state index contributed by atoms with van der Waals surface area (Å²) in [6, 6.07) is 10.7. The molecule has 0 fully saturated rings. The van der Waals surface area contributed by atoms with Crippen LogP contribution >= 0.6 is 7.26 Å². The van der Waals surface area contributed by atoms with Crippen molar-refractivity contribution >= 4 is 7.26 Å². The fraction of sp³-hybridized carbons (Fsp3) is 0.222. The van der Waals surface area contributed by atoms with Crippen LogP contribution in [0.5, 0.6) is 0 Å². The third kappa shape index (κ3) is 6.36. The van der Waals surface area contributed by atoms with Crippen molar-refractivity contribution in [3.8, 4) is 0 Å². The van der Waals surface area contributed by atoms with Gasteiger partial charge in [-0.15, -0.1) is 13.2 Å². The molecule has 0 nitrogen and oxygen atoms in total. The van der Waals surface area contributed by atoms with E-state index in [-0.39, 0.29) is 0 Å². The molecule has 0 aliphatic rings. The molecule has 1 aromatic rings. The van der Waals surface area contributed by atoms with Crippen molar-refractivity contribution in [3.63, 3.8) is 0 Å². The van der Waals surface area contributed by atoms with E-state index in [9.17, 15) is 0 Å². The number of hydrogen-bond acceptors (Lipinski definition) is 0. The van der Waals surface area contributed by atoms with Gasteiger partial charge >= 0.3 is 106 Å². The first-order chi connectivity index (χ1) is 9.26. The van der Waals surface area contributed by atoms with Crippen LogP contribution in [0.4, 0.5) is 0 Å². The molecule has 0 aromatic heterocycles. The van der Waals surface area contributed by atoms with E-state index in [1.165, 1.54) is 11.7 Å². The first-order valence-electron chi connectivity index (χ1n) is 6.63. The Balaban J connectivity index is 0.00000154. The molecule has 0 amide bonds. The van der Waals surface area contributed by atoms with Crippen LogP contribution in [0.2, 0.25) is 0 Å². The molecule has 0 saturated carbocycles. The van der Waals surface area contributed by atoms with Gasteiger partial charge in [0.25, 0.3) is 0 Å². The molecule has 0 bridgehead atoms. The van der Waals surface area contributed by atoms with Crippen LogP contribution in [-0.2, 0) is 6.16 Å². The summed E-state index contributed by atoms with van der Waals surface area (Å²) in [5.74, 6) is 0. The minimum atomic E-state index is -1.39. The van der Waals surface area contributed by atoms with Gasteiger partial charge in [-0.05, 0) is 0 Å². The monoisotopic (exact) mass is 274 g/mol. The molecular weight excluding hydrogens is 247 g/mol. The molecule has 104 valence electrons. The molecule has 0 saturated heterocycles. The molecule has 0 heterocycles. The van der Waals surface area contributed by atoms with Crippen LogP contribution in [0.15, 0.2) is 81.5 Å². The van der Waals surface area contributed by atoms with Crippen molar-refractivity contribution in [2.75, 3.05) is 18.5 Å². The van der Waals surface area contributed by atoms with E-state index >= 15 is 0 Å². The summed E-state index contributed by atoms with van der Waals surface area (Å²) < 4.78 is 0. The number of allylic oxidation sites excluding steroid dienone is 3. The van der Waals surface area contributed by atoms with E-state index in [1.807, 2.05) is 0 Å². The van der Waals surface area contributed by atoms with E-state index in [0.717, 1.165) is 18.5 Å². The Bertz CT molecular complexity index is 351. The van der Waals surface area contributed by atoms with Gasteiger partial charge in [0.1, 0.15) is 0 Å². The quantitative estimate of drug-likeness (QED) is 0.446. The second-order valence-corrected chi connectivity index (χ2v) is 9.22. The zero-order valence-electron chi connectivity index (χ0n) is 12.0. The maximum absolute atomic E-state index is 3.92. The van der Waals surface area contributed by atoms with E-state index in [4.69, 9.17) is 0 Å². The normalized spacial score (nSPS) is 10.7. The van der Waals surface area contributed by atoms with Crippen molar-refractivity contribution < 1.29 is 0 Å². The van der Waals surface area contributed by atoms with Gasteiger partial charge in [0.2, 0.25) is 0 Å². The zero-order chi connectivity index (χ0) is 14.6. The van der Waals surface area contributed by atoms with Gasteiger partial charge in [-0.1, -0.05) is 0 Å². The molecule has 0 N–H and O–H groups in total. The minimum absolute atomic E-state index is 1.14. The summed E-state index contributed by atoms with van der Waals surface area (Å²) in [5, 5.41) is 0. The molecular formula is C18H27P. The molecule has 1 rings (SSSR count). The SMILES string of the molecule is C=C.C=CC[PH](CC=C)(CC=C)Cc1ccccc1. The molecule has 0 atom stereocenters. The standard InChI is InChI=1S/C16H23P.C2H4/c1-4-12-17(13-5-2,14-6-3)15-16-10-8-7-9-11-16;1-2/h4-11,17H,1-3,12-15H2;1-2H2. The van der Waals surface area contributed by atoms with Gasteiger partial charge in [-0.3, -0.25) is 0 Å². The van der Waals surface area contributed by atoms with Crippen molar-refractivity contribution in [1.82, 2.24) is 0 Å². The number of benzene rings is 1. The predicted molar refractivity (Wildman–Crippen MR) is 94.9 cm³/mol. The third-order valence-electron chi connectivity index (χ3n) is 3.15. The topological polar surface area (TPSA) is 0 Å².